The second-order valence-electron chi connectivity index (χ2n) is 5.98. The summed E-state index contributed by atoms with van der Waals surface area (Å²) in [5.41, 5.74) is 0.862. The molecule has 1 aromatic rings. The molecule has 118 valence electrons. The highest BCUT2D eigenvalue weighted by molar-refractivity contribution is 6.07. The topological polar surface area (TPSA) is 84.3 Å². The third-order valence-electron chi connectivity index (χ3n) is 4.62. The molecule has 1 saturated heterocycles. The van der Waals surface area contributed by atoms with Crippen molar-refractivity contribution in [3.63, 3.8) is 0 Å². The van der Waals surface area contributed by atoms with Crippen molar-refractivity contribution in [2.45, 2.75) is 32.2 Å². The second kappa shape index (κ2) is 5.90. The Morgan fingerprint density at radius 3 is 2.45 bits per heavy atom. The number of hydrogen-bond donors (Lipinski definition) is 1. The molecule has 0 radical (unpaired) electrons. The highest BCUT2D eigenvalue weighted by atomic mass is 16.2. The van der Waals surface area contributed by atoms with Crippen molar-refractivity contribution in [1.29, 1.82) is 0 Å². The van der Waals surface area contributed by atoms with E-state index in [0.29, 0.717) is 6.54 Å². The predicted molar refractivity (Wildman–Crippen MR) is 77.2 cm³/mol. The second-order valence-corrected chi connectivity index (χ2v) is 5.98. The van der Waals surface area contributed by atoms with Crippen molar-refractivity contribution in [3.8, 4) is 0 Å². The maximum atomic E-state index is 12.3. The fourth-order valence-corrected chi connectivity index (χ4v) is 3.35. The van der Waals surface area contributed by atoms with Crippen molar-refractivity contribution >= 4 is 17.7 Å². The number of rotatable bonds is 4. The molecule has 7 heteroatoms. The Morgan fingerprint density at radius 2 is 1.91 bits per heavy atom. The smallest absolute Gasteiger partial charge is 0.240 e. The quantitative estimate of drug-likeness (QED) is 0.806. The Kier molecular flexibility index (Phi) is 3.96. The van der Waals surface area contributed by atoms with Gasteiger partial charge in [-0.3, -0.25) is 24.0 Å². The minimum Gasteiger partial charge on any atom is -0.349 e. The molecule has 7 nitrogen and oxygen atoms in total. The molecule has 2 aliphatic rings. The summed E-state index contributed by atoms with van der Waals surface area (Å²) in [5.74, 6) is -1.07. The van der Waals surface area contributed by atoms with Crippen LogP contribution in [0, 0.1) is 11.8 Å². The van der Waals surface area contributed by atoms with E-state index in [0.717, 1.165) is 36.3 Å². The van der Waals surface area contributed by atoms with Crippen molar-refractivity contribution < 1.29 is 14.4 Å². The van der Waals surface area contributed by atoms with Gasteiger partial charge in [-0.15, -0.1) is 0 Å². The van der Waals surface area contributed by atoms with Crippen molar-refractivity contribution in [3.05, 3.63) is 18.0 Å². The molecule has 3 amide bonds. The maximum absolute atomic E-state index is 12.3. The zero-order chi connectivity index (χ0) is 15.7. The first-order valence-corrected chi connectivity index (χ1v) is 7.66. The first-order valence-electron chi connectivity index (χ1n) is 7.66. The normalized spacial score (nSPS) is 24.5. The zero-order valence-electron chi connectivity index (χ0n) is 12.6. The summed E-state index contributed by atoms with van der Waals surface area (Å²) in [7, 11) is 1.79. The van der Waals surface area contributed by atoms with Gasteiger partial charge in [0, 0.05) is 13.2 Å². The van der Waals surface area contributed by atoms with E-state index >= 15 is 0 Å². The van der Waals surface area contributed by atoms with E-state index in [1.165, 1.54) is 0 Å². The Balaban J connectivity index is 1.58. The van der Waals surface area contributed by atoms with Gasteiger partial charge in [0.2, 0.25) is 17.7 Å². The Hall–Kier alpha value is -2.18. The lowest BCUT2D eigenvalue weighted by molar-refractivity contribution is -0.143. The summed E-state index contributed by atoms with van der Waals surface area (Å²) < 4.78 is 1.67. The molecule has 1 saturated carbocycles. The van der Waals surface area contributed by atoms with Gasteiger partial charge >= 0.3 is 0 Å². The van der Waals surface area contributed by atoms with Crippen LogP contribution in [0.5, 0.6) is 0 Å². The monoisotopic (exact) mass is 304 g/mol. The lowest BCUT2D eigenvalue weighted by Crippen LogP contribution is -2.41. The third-order valence-corrected chi connectivity index (χ3v) is 4.62. The number of imide groups is 1. The Labute approximate surface area is 128 Å². The van der Waals surface area contributed by atoms with Gasteiger partial charge in [0.15, 0.2) is 0 Å². The number of aromatic nitrogens is 2. The fraction of sp³-hybridized carbons (Fsp3) is 0.600. The van der Waals surface area contributed by atoms with E-state index in [-0.39, 0.29) is 36.1 Å². The highest BCUT2D eigenvalue weighted by Crippen LogP contribution is 2.37. The average molecular weight is 304 g/mol. The molecule has 1 N–H and O–H groups in total. The average Bonchev–Trinajstić information content (AvgIpc) is 3.03. The highest BCUT2D eigenvalue weighted by Gasteiger charge is 2.48. The summed E-state index contributed by atoms with van der Waals surface area (Å²) in [6.45, 7) is 0.154. The molecule has 1 aliphatic heterocycles. The van der Waals surface area contributed by atoms with Crippen LogP contribution >= 0.6 is 0 Å². The van der Waals surface area contributed by atoms with Crippen molar-refractivity contribution in [1.82, 2.24) is 20.0 Å². The molecule has 3 rings (SSSR count). The molecule has 2 atom stereocenters. The van der Waals surface area contributed by atoms with Crippen LogP contribution < -0.4 is 5.32 Å². The number of nitrogens with zero attached hydrogens (tertiary/aromatic N) is 3. The minimum atomic E-state index is -0.318. The van der Waals surface area contributed by atoms with Gasteiger partial charge in [-0.25, -0.2) is 0 Å². The van der Waals surface area contributed by atoms with Gasteiger partial charge in [-0.05, 0) is 18.9 Å². The van der Waals surface area contributed by atoms with Crippen LogP contribution in [-0.4, -0.2) is 38.9 Å². The SMILES string of the molecule is Cn1nccc1CNC(=O)CN1C(=O)C2CCCCC2C1=O. The standard InChI is InChI=1S/C15H20N4O3/c1-18-10(6-7-17-18)8-16-13(20)9-19-14(21)11-4-2-3-5-12(11)15(19)22/h6-7,11-12H,2-5,8-9H2,1H3,(H,16,20). The van der Waals surface area contributed by atoms with Crippen LogP contribution in [-0.2, 0) is 28.0 Å². The van der Waals surface area contributed by atoms with Gasteiger partial charge in [0.1, 0.15) is 6.54 Å². The number of likely N-dealkylation sites (tertiary alicyclic amines) is 1. The first-order chi connectivity index (χ1) is 10.6. The minimum absolute atomic E-state index is 0.176. The molecule has 2 unspecified atom stereocenters. The Morgan fingerprint density at radius 1 is 1.27 bits per heavy atom. The summed E-state index contributed by atoms with van der Waals surface area (Å²) in [5, 5.41) is 6.75. The molecular formula is C15H20N4O3. The summed E-state index contributed by atoms with van der Waals surface area (Å²) in [6, 6.07) is 1.81. The molecular weight excluding hydrogens is 284 g/mol. The number of aryl methyl sites for hydroxylation is 1. The van der Waals surface area contributed by atoms with E-state index in [9.17, 15) is 14.4 Å². The number of hydrogen-bond acceptors (Lipinski definition) is 4. The van der Waals surface area contributed by atoms with E-state index in [1.807, 2.05) is 0 Å². The largest absolute Gasteiger partial charge is 0.349 e. The van der Waals surface area contributed by atoms with Gasteiger partial charge in [-0.1, -0.05) is 12.8 Å². The molecule has 0 aromatic carbocycles. The molecule has 0 bridgehead atoms. The summed E-state index contributed by atoms with van der Waals surface area (Å²) in [6.07, 6.45) is 5.16. The molecule has 0 spiro atoms. The lowest BCUT2D eigenvalue weighted by atomic mass is 9.81. The van der Waals surface area contributed by atoms with Crippen LogP contribution in [0.25, 0.3) is 0 Å². The predicted octanol–water partition coefficient (Wildman–Crippen LogP) is 0.211. The zero-order valence-corrected chi connectivity index (χ0v) is 12.6. The fourth-order valence-electron chi connectivity index (χ4n) is 3.35. The number of amides is 3. The number of carbonyl (C=O) groups excluding carboxylic acids is 3. The van der Waals surface area contributed by atoms with E-state index < -0.39 is 0 Å². The molecule has 2 heterocycles. The van der Waals surface area contributed by atoms with Crippen LogP contribution in [0.4, 0.5) is 0 Å². The van der Waals surface area contributed by atoms with Crippen LogP contribution in [0.3, 0.4) is 0 Å². The third kappa shape index (κ3) is 2.63. The van der Waals surface area contributed by atoms with Gasteiger partial charge < -0.3 is 5.32 Å². The molecule has 2 fully saturated rings. The van der Waals surface area contributed by atoms with Crippen molar-refractivity contribution in [2.24, 2.45) is 18.9 Å². The van der Waals surface area contributed by atoms with E-state index in [4.69, 9.17) is 0 Å². The molecule has 22 heavy (non-hydrogen) atoms. The molecule has 1 aromatic heterocycles. The number of carbonyl (C=O) groups is 3. The van der Waals surface area contributed by atoms with Gasteiger partial charge in [0.05, 0.1) is 24.1 Å². The van der Waals surface area contributed by atoms with Crippen molar-refractivity contribution in [2.75, 3.05) is 6.54 Å². The number of nitrogens with one attached hydrogen (secondary N) is 1. The lowest BCUT2D eigenvalue weighted by Gasteiger charge is -2.19. The molecule has 1 aliphatic carbocycles. The Bertz CT molecular complexity index is 586. The van der Waals surface area contributed by atoms with E-state index in [2.05, 4.69) is 10.4 Å². The van der Waals surface area contributed by atoms with Crippen LogP contribution in [0.1, 0.15) is 31.4 Å². The van der Waals surface area contributed by atoms with Gasteiger partial charge in [0.25, 0.3) is 0 Å². The van der Waals surface area contributed by atoms with Crippen LogP contribution in [0.15, 0.2) is 12.3 Å². The maximum Gasteiger partial charge on any atom is 0.240 e. The van der Waals surface area contributed by atoms with Gasteiger partial charge in [-0.2, -0.15) is 5.10 Å². The van der Waals surface area contributed by atoms with Crippen LogP contribution in [0.2, 0.25) is 0 Å². The first kappa shape index (κ1) is 14.7. The summed E-state index contributed by atoms with van der Waals surface area (Å²) in [4.78, 5) is 37.7. The number of fused-ring (bicyclic) bond motifs is 1. The van der Waals surface area contributed by atoms with E-state index in [1.54, 1.807) is 24.0 Å². The summed E-state index contributed by atoms with van der Waals surface area (Å²) >= 11 is 0.